The van der Waals surface area contributed by atoms with Gasteiger partial charge in [0.1, 0.15) is 22.8 Å². The number of aromatic hydroxyl groups is 1. The molecule has 0 saturated carbocycles. The molecule has 5 heteroatoms. The summed E-state index contributed by atoms with van der Waals surface area (Å²) in [6.07, 6.45) is 0. The van der Waals surface area contributed by atoms with Crippen LogP contribution >= 0.6 is 0 Å². The second-order valence-corrected chi connectivity index (χ2v) is 3.12. The fourth-order valence-electron chi connectivity index (χ4n) is 1.43. The monoisotopic (exact) mass is 226 g/mol. The summed E-state index contributed by atoms with van der Waals surface area (Å²) >= 11 is 0. The maximum atomic E-state index is 11.6. The van der Waals surface area contributed by atoms with Crippen LogP contribution in [0.15, 0.2) is 6.07 Å². The van der Waals surface area contributed by atoms with Crippen molar-refractivity contribution in [2.45, 2.75) is 6.92 Å². The van der Waals surface area contributed by atoms with E-state index in [0.29, 0.717) is 5.56 Å². The van der Waals surface area contributed by atoms with Crippen molar-refractivity contribution in [3.63, 3.8) is 0 Å². The third-order valence-corrected chi connectivity index (χ3v) is 2.28. The third kappa shape index (κ3) is 1.88. The number of phenols is 1. The molecule has 0 fully saturated rings. The Morgan fingerprint density at radius 2 is 1.88 bits per heavy atom. The van der Waals surface area contributed by atoms with Crippen molar-refractivity contribution in [2.24, 2.45) is 0 Å². The van der Waals surface area contributed by atoms with E-state index in [1.54, 1.807) is 6.92 Å². The fourth-order valence-corrected chi connectivity index (χ4v) is 1.43. The Kier molecular flexibility index (Phi) is 3.60. The summed E-state index contributed by atoms with van der Waals surface area (Å²) in [5.41, 5.74) is 0.631. The van der Waals surface area contributed by atoms with Gasteiger partial charge in [-0.3, -0.25) is 0 Å². The standard InChI is InChI=1S/C11H14O5/c1-6-7(12)5-8(14-2)9(10(6)15-3)11(13)16-4/h5,12H,1-4H3. The van der Waals surface area contributed by atoms with Gasteiger partial charge in [0.15, 0.2) is 0 Å². The SMILES string of the molecule is COC(=O)c1c(OC)cc(O)c(C)c1OC. The van der Waals surface area contributed by atoms with Crippen LogP contribution in [-0.4, -0.2) is 32.4 Å². The van der Waals surface area contributed by atoms with Gasteiger partial charge < -0.3 is 19.3 Å². The van der Waals surface area contributed by atoms with Crippen LogP contribution in [0.2, 0.25) is 0 Å². The van der Waals surface area contributed by atoms with E-state index in [2.05, 4.69) is 4.74 Å². The number of hydrogen-bond acceptors (Lipinski definition) is 5. The second-order valence-electron chi connectivity index (χ2n) is 3.12. The van der Waals surface area contributed by atoms with Gasteiger partial charge in [-0.15, -0.1) is 0 Å². The first kappa shape index (κ1) is 12.2. The molecule has 1 aromatic rings. The highest BCUT2D eigenvalue weighted by molar-refractivity contribution is 5.96. The van der Waals surface area contributed by atoms with Crippen LogP contribution in [0, 0.1) is 6.92 Å². The van der Waals surface area contributed by atoms with Gasteiger partial charge in [-0.25, -0.2) is 4.79 Å². The number of esters is 1. The molecule has 0 radical (unpaired) electrons. The number of carbonyl (C=O) groups excluding carboxylic acids is 1. The number of benzene rings is 1. The minimum atomic E-state index is -0.572. The number of methoxy groups -OCH3 is 3. The van der Waals surface area contributed by atoms with Gasteiger partial charge >= 0.3 is 5.97 Å². The van der Waals surface area contributed by atoms with Crippen LogP contribution in [-0.2, 0) is 4.74 Å². The van der Waals surface area contributed by atoms with E-state index in [-0.39, 0.29) is 22.8 Å². The van der Waals surface area contributed by atoms with Gasteiger partial charge in [-0.2, -0.15) is 0 Å². The molecule has 1 aromatic carbocycles. The molecule has 0 unspecified atom stereocenters. The molecule has 0 aliphatic carbocycles. The zero-order valence-electron chi connectivity index (χ0n) is 9.66. The van der Waals surface area contributed by atoms with Gasteiger partial charge in [0.25, 0.3) is 0 Å². The Bertz CT molecular complexity index is 411. The quantitative estimate of drug-likeness (QED) is 0.791. The number of carbonyl (C=O) groups is 1. The molecule has 0 spiro atoms. The lowest BCUT2D eigenvalue weighted by Crippen LogP contribution is -2.08. The number of rotatable bonds is 3. The summed E-state index contributed by atoms with van der Waals surface area (Å²) in [5.74, 6) is -0.103. The first-order valence-electron chi connectivity index (χ1n) is 4.59. The largest absolute Gasteiger partial charge is 0.507 e. The summed E-state index contributed by atoms with van der Waals surface area (Å²) in [6, 6.07) is 1.35. The normalized spacial score (nSPS) is 9.75. The molecule has 16 heavy (non-hydrogen) atoms. The molecule has 0 atom stereocenters. The van der Waals surface area contributed by atoms with E-state index in [9.17, 15) is 9.90 Å². The van der Waals surface area contributed by atoms with E-state index >= 15 is 0 Å². The Balaban J connectivity index is 3.53. The smallest absolute Gasteiger partial charge is 0.345 e. The van der Waals surface area contributed by atoms with Crippen molar-refractivity contribution < 1.29 is 24.1 Å². The lowest BCUT2D eigenvalue weighted by atomic mass is 10.1. The summed E-state index contributed by atoms with van der Waals surface area (Å²) in [7, 11) is 4.08. The summed E-state index contributed by atoms with van der Waals surface area (Å²) in [6.45, 7) is 1.64. The van der Waals surface area contributed by atoms with Gasteiger partial charge in [0, 0.05) is 11.6 Å². The van der Waals surface area contributed by atoms with Crippen molar-refractivity contribution in [2.75, 3.05) is 21.3 Å². The molecule has 0 aliphatic heterocycles. The predicted molar refractivity (Wildman–Crippen MR) is 57.3 cm³/mol. The van der Waals surface area contributed by atoms with Crippen LogP contribution in [0.4, 0.5) is 0 Å². The number of hydrogen-bond donors (Lipinski definition) is 1. The van der Waals surface area contributed by atoms with Crippen molar-refractivity contribution in [1.82, 2.24) is 0 Å². The highest BCUT2D eigenvalue weighted by Crippen LogP contribution is 2.38. The molecule has 0 saturated heterocycles. The van der Waals surface area contributed by atoms with Crippen LogP contribution < -0.4 is 9.47 Å². The lowest BCUT2D eigenvalue weighted by molar-refractivity contribution is 0.0593. The summed E-state index contributed by atoms with van der Waals surface area (Å²) in [4.78, 5) is 11.6. The van der Waals surface area contributed by atoms with Crippen molar-refractivity contribution >= 4 is 5.97 Å². The molecule has 1 N–H and O–H groups in total. The molecular formula is C11H14O5. The highest BCUT2D eigenvalue weighted by atomic mass is 16.5. The Labute approximate surface area is 93.6 Å². The molecule has 0 aromatic heterocycles. The minimum absolute atomic E-state index is 0.00125. The van der Waals surface area contributed by atoms with Gasteiger partial charge in [-0.05, 0) is 6.92 Å². The molecule has 0 aliphatic rings. The van der Waals surface area contributed by atoms with E-state index < -0.39 is 5.97 Å². The predicted octanol–water partition coefficient (Wildman–Crippen LogP) is 1.50. The second kappa shape index (κ2) is 4.74. The zero-order chi connectivity index (χ0) is 12.3. The molecule has 0 heterocycles. The third-order valence-electron chi connectivity index (χ3n) is 2.28. The molecule has 5 nitrogen and oxygen atoms in total. The number of ether oxygens (including phenoxy) is 3. The maximum Gasteiger partial charge on any atom is 0.345 e. The Morgan fingerprint density at radius 1 is 1.25 bits per heavy atom. The average molecular weight is 226 g/mol. The van der Waals surface area contributed by atoms with E-state index in [1.807, 2.05) is 0 Å². The molecular weight excluding hydrogens is 212 g/mol. The minimum Gasteiger partial charge on any atom is -0.507 e. The van der Waals surface area contributed by atoms with Crippen molar-refractivity contribution in [3.8, 4) is 17.2 Å². The number of phenolic OH excluding ortho intramolecular Hbond substituents is 1. The average Bonchev–Trinajstić information content (AvgIpc) is 2.30. The Hall–Kier alpha value is -1.91. The first-order valence-corrected chi connectivity index (χ1v) is 4.59. The highest BCUT2D eigenvalue weighted by Gasteiger charge is 2.23. The van der Waals surface area contributed by atoms with Crippen LogP contribution in [0.25, 0.3) is 0 Å². The summed E-state index contributed by atoms with van der Waals surface area (Å²) < 4.78 is 14.7. The van der Waals surface area contributed by atoms with Crippen LogP contribution in [0.3, 0.4) is 0 Å². The van der Waals surface area contributed by atoms with E-state index in [0.717, 1.165) is 0 Å². The molecule has 88 valence electrons. The van der Waals surface area contributed by atoms with Crippen LogP contribution in [0.1, 0.15) is 15.9 Å². The molecule has 0 bridgehead atoms. The zero-order valence-corrected chi connectivity index (χ0v) is 9.66. The summed E-state index contributed by atoms with van der Waals surface area (Å²) in [5, 5.41) is 9.61. The van der Waals surface area contributed by atoms with Gasteiger partial charge in [0.05, 0.1) is 21.3 Å². The Morgan fingerprint density at radius 3 is 2.31 bits per heavy atom. The molecule has 1 rings (SSSR count). The molecule has 0 amide bonds. The fraction of sp³-hybridized carbons (Fsp3) is 0.364. The van der Waals surface area contributed by atoms with Gasteiger partial charge in [-0.1, -0.05) is 0 Å². The first-order chi connectivity index (χ1) is 7.56. The van der Waals surface area contributed by atoms with E-state index in [4.69, 9.17) is 9.47 Å². The van der Waals surface area contributed by atoms with Crippen molar-refractivity contribution in [1.29, 1.82) is 0 Å². The lowest BCUT2D eigenvalue weighted by Gasteiger charge is -2.14. The van der Waals surface area contributed by atoms with Crippen LogP contribution in [0.5, 0.6) is 17.2 Å². The maximum absolute atomic E-state index is 11.6. The van der Waals surface area contributed by atoms with Crippen molar-refractivity contribution in [3.05, 3.63) is 17.2 Å². The van der Waals surface area contributed by atoms with E-state index in [1.165, 1.54) is 27.4 Å². The topological polar surface area (TPSA) is 65.0 Å². The van der Waals surface area contributed by atoms with Gasteiger partial charge in [0.2, 0.25) is 0 Å².